The summed E-state index contributed by atoms with van der Waals surface area (Å²) in [6.07, 6.45) is 1.16. The number of halogens is 2. The van der Waals surface area contributed by atoms with Crippen molar-refractivity contribution in [2.24, 2.45) is 5.92 Å². The smallest absolute Gasteiger partial charge is 0.120 e. The summed E-state index contributed by atoms with van der Waals surface area (Å²) in [5.41, 5.74) is 1.28. The Morgan fingerprint density at radius 1 is 1.40 bits per heavy atom. The Labute approximate surface area is 108 Å². The van der Waals surface area contributed by atoms with Crippen LogP contribution in [0.4, 0.5) is 0 Å². The second kappa shape index (κ2) is 5.90. The minimum atomic E-state index is 0.391. The van der Waals surface area contributed by atoms with Gasteiger partial charge in [-0.05, 0) is 23.6 Å². The van der Waals surface area contributed by atoms with Gasteiger partial charge >= 0.3 is 0 Å². The number of hydrogen-bond donors (Lipinski definition) is 0. The molecule has 0 aliphatic heterocycles. The van der Waals surface area contributed by atoms with Crippen LogP contribution in [0.25, 0.3) is 0 Å². The van der Waals surface area contributed by atoms with E-state index in [-0.39, 0.29) is 0 Å². The maximum atomic E-state index is 5.17. The van der Waals surface area contributed by atoms with Gasteiger partial charge in [-0.2, -0.15) is 0 Å². The zero-order valence-corrected chi connectivity index (χ0v) is 12.4. The van der Waals surface area contributed by atoms with Gasteiger partial charge in [0.1, 0.15) is 5.75 Å². The monoisotopic (exact) mass is 334 g/mol. The molecule has 84 valence electrons. The Hall–Kier alpha value is -0.0200. The highest BCUT2D eigenvalue weighted by Gasteiger charge is 2.17. The summed E-state index contributed by atoms with van der Waals surface area (Å²) in [4.78, 5) is 0.391. The van der Waals surface area contributed by atoms with E-state index >= 15 is 0 Å². The van der Waals surface area contributed by atoms with Crippen LogP contribution in [0.2, 0.25) is 0 Å². The van der Waals surface area contributed by atoms with E-state index in [2.05, 4.69) is 51.8 Å². The maximum absolute atomic E-state index is 5.17. The molecule has 0 radical (unpaired) electrons. The van der Waals surface area contributed by atoms with Crippen LogP contribution in [0.5, 0.6) is 5.75 Å². The van der Waals surface area contributed by atoms with E-state index < -0.39 is 0 Å². The van der Waals surface area contributed by atoms with E-state index in [1.165, 1.54) is 5.56 Å². The molecule has 0 bridgehead atoms. The molecule has 0 saturated heterocycles. The lowest BCUT2D eigenvalue weighted by molar-refractivity contribution is 0.414. The first kappa shape index (κ1) is 13.0. The summed E-state index contributed by atoms with van der Waals surface area (Å²) >= 11 is 7.31. The Bertz CT molecular complexity index is 325. The molecule has 1 nitrogen and oxygen atoms in total. The number of ether oxygens (including phenoxy) is 1. The highest BCUT2D eigenvalue weighted by molar-refractivity contribution is 9.11. The average Bonchev–Trinajstić information content (AvgIpc) is 2.26. The molecular formula is C12H16Br2O. The number of methoxy groups -OCH3 is 1. The minimum Gasteiger partial charge on any atom is -0.497 e. The lowest BCUT2D eigenvalue weighted by Crippen LogP contribution is -2.02. The summed E-state index contributed by atoms with van der Waals surface area (Å²) in [6.45, 7) is 4.45. The van der Waals surface area contributed by atoms with Crippen molar-refractivity contribution in [2.75, 3.05) is 7.11 Å². The second-order valence-electron chi connectivity index (χ2n) is 3.67. The third-order valence-electron chi connectivity index (χ3n) is 2.65. The number of hydrogen-bond acceptors (Lipinski definition) is 1. The van der Waals surface area contributed by atoms with Crippen molar-refractivity contribution in [3.05, 3.63) is 28.2 Å². The van der Waals surface area contributed by atoms with Gasteiger partial charge in [0.2, 0.25) is 0 Å². The molecule has 15 heavy (non-hydrogen) atoms. The van der Waals surface area contributed by atoms with Crippen molar-refractivity contribution in [3.8, 4) is 5.75 Å². The van der Waals surface area contributed by atoms with Crippen molar-refractivity contribution >= 4 is 31.9 Å². The SMILES string of the molecule is CCC(C)C(Br)c1ccc(OC)cc1Br. The molecule has 0 N–H and O–H groups in total. The Morgan fingerprint density at radius 3 is 2.53 bits per heavy atom. The normalized spacial score (nSPS) is 14.7. The Morgan fingerprint density at radius 2 is 2.07 bits per heavy atom. The van der Waals surface area contributed by atoms with Gasteiger partial charge in [0.05, 0.1) is 7.11 Å². The predicted molar refractivity (Wildman–Crippen MR) is 71.8 cm³/mol. The molecule has 1 rings (SSSR count). The van der Waals surface area contributed by atoms with Crippen LogP contribution in [-0.4, -0.2) is 7.11 Å². The summed E-state index contributed by atoms with van der Waals surface area (Å²) in [7, 11) is 1.68. The second-order valence-corrected chi connectivity index (χ2v) is 5.52. The fourth-order valence-electron chi connectivity index (χ4n) is 1.37. The minimum absolute atomic E-state index is 0.391. The summed E-state index contributed by atoms with van der Waals surface area (Å²) in [5, 5.41) is 0. The van der Waals surface area contributed by atoms with Crippen LogP contribution in [-0.2, 0) is 0 Å². The molecule has 3 heteroatoms. The van der Waals surface area contributed by atoms with E-state index in [4.69, 9.17) is 4.74 Å². The Balaban J connectivity index is 2.95. The van der Waals surface area contributed by atoms with E-state index in [0.717, 1.165) is 16.6 Å². The number of benzene rings is 1. The molecule has 0 aliphatic carbocycles. The Kier molecular flexibility index (Phi) is 5.13. The third-order valence-corrected chi connectivity index (χ3v) is 4.73. The lowest BCUT2D eigenvalue weighted by Gasteiger charge is -2.18. The first-order chi connectivity index (χ1) is 7.10. The van der Waals surface area contributed by atoms with E-state index in [1.54, 1.807) is 7.11 Å². The van der Waals surface area contributed by atoms with Gasteiger partial charge in [0.25, 0.3) is 0 Å². The summed E-state index contributed by atoms with van der Waals surface area (Å²) < 4.78 is 6.27. The van der Waals surface area contributed by atoms with Crippen LogP contribution in [0.15, 0.2) is 22.7 Å². The van der Waals surface area contributed by atoms with Gasteiger partial charge in [0.15, 0.2) is 0 Å². The summed E-state index contributed by atoms with van der Waals surface area (Å²) in [5.74, 6) is 1.50. The molecule has 0 spiro atoms. The van der Waals surface area contributed by atoms with E-state index in [1.807, 2.05) is 12.1 Å². The number of rotatable bonds is 4. The number of alkyl halides is 1. The molecule has 0 amide bonds. The van der Waals surface area contributed by atoms with Crippen LogP contribution in [0.3, 0.4) is 0 Å². The quantitative estimate of drug-likeness (QED) is 0.708. The molecule has 0 saturated carbocycles. The molecular weight excluding hydrogens is 320 g/mol. The molecule has 0 heterocycles. The maximum Gasteiger partial charge on any atom is 0.120 e. The summed E-state index contributed by atoms with van der Waals surface area (Å²) in [6, 6.07) is 6.11. The first-order valence-corrected chi connectivity index (χ1v) is 6.78. The van der Waals surface area contributed by atoms with Gasteiger partial charge in [0, 0.05) is 9.30 Å². The van der Waals surface area contributed by atoms with E-state index in [0.29, 0.717) is 10.7 Å². The van der Waals surface area contributed by atoms with Gasteiger partial charge in [-0.3, -0.25) is 0 Å². The largest absolute Gasteiger partial charge is 0.497 e. The first-order valence-electron chi connectivity index (χ1n) is 5.07. The van der Waals surface area contributed by atoms with Gasteiger partial charge < -0.3 is 4.74 Å². The third kappa shape index (κ3) is 3.22. The van der Waals surface area contributed by atoms with Crippen molar-refractivity contribution in [3.63, 3.8) is 0 Å². The van der Waals surface area contributed by atoms with Gasteiger partial charge in [-0.1, -0.05) is 58.2 Å². The van der Waals surface area contributed by atoms with Crippen LogP contribution < -0.4 is 4.74 Å². The zero-order chi connectivity index (χ0) is 11.4. The molecule has 0 aromatic heterocycles. The molecule has 2 unspecified atom stereocenters. The van der Waals surface area contributed by atoms with E-state index in [9.17, 15) is 0 Å². The van der Waals surface area contributed by atoms with Crippen molar-refractivity contribution in [2.45, 2.75) is 25.1 Å². The molecule has 2 atom stereocenters. The fourth-order valence-corrected chi connectivity index (χ4v) is 3.06. The highest BCUT2D eigenvalue weighted by atomic mass is 79.9. The van der Waals surface area contributed by atoms with Crippen molar-refractivity contribution < 1.29 is 4.74 Å². The standard InChI is InChI=1S/C12H16Br2O/c1-4-8(2)12(14)10-6-5-9(15-3)7-11(10)13/h5-8,12H,4H2,1-3H3. The molecule has 1 aromatic rings. The average molecular weight is 336 g/mol. The topological polar surface area (TPSA) is 9.23 Å². The fraction of sp³-hybridized carbons (Fsp3) is 0.500. The van der Waals surface area contributed by atoms with Crippen LogP contribution >= 0.6 is 31.9 Å². The molecule has 0 aliphatic rings. The highest BCUT2D eigenvalue weighted by Crippen LogP contribution is 2.38. The van der Waals surface area contributed by atoms with Gasteiger partial charge in [-0.15, -0.1) is 0 Å². The zero-order valence-electron chi connectivity index (χ0n) is 9.26. The van der Waals surface area contributed by atoms with Crippen molar-refractivity contribution in [1.82, 2.24) is 0 Å². The molecule has 0 fully saturated rings. The molecule has 1 aromatic carbocycles. The van der Waals surface area contributed by atoms with Crippen molar-refractivity contribution in [1.29, 1.82) is 0 Å². The predicted octanol–water partition coefficient (Wildman–Crippen LogP) is 4.94. The lowest BCUT2D eigenvalue weighted by atomic mass is 9.99. The van der Waals surface area contributed by atoms with Crippen LogP contribution in [0, 0.1) is 5.92 Å². The van der Waals surface area contributed by atoms with Crippen LogP contribution in [0.1, 0.15) is 30.7 Å². The van der Waals surface area contributed by atoms with Gasteiger partial charge in [-0.25, -0.2) is 0 Å².